The Bertz CT molecular complexity index is 1020. The van der Waals surface area contributed by atoms with Gasteiger partial charge in [0.1, 0.15) is 11.6 Å². The molecule has 0 fully saturated rings. The van der Waals surface area contributed by atoms with E-state index in [9.17, 15) is 22.7 Å². The van der Waals surface area contributed by atoms with E-state index >= 15 is 0 Å². The van der Waals surface area contributed by atoms with Crippen LogP contribution in [0.2, 0.25) is 0 Å². The molecule has 0 spiro atoms. The lowest BCUT2D eigenvalue weighted by atomic mass is 9.73. The lowest BCUT2D eigenvalue weighted by Crippen LogP contribution is -2.51. The van der Waals surface area contributed by atoms with Crippen LogP contribution in [0.25, 0.3) is 11.0 Å². The molecular weight excluding hydrogens is 388 g/mol. The van der Waals surface area contributed by atoms with Crippen LogP contribution in [-0.4, -0.2) is 27.9 Å². The van der Waals surface area contributed by atoms with Gasteiger partial charge in [0.15, 0.2) is 0 Å². The number of hydrogen-bond acceptors (Lipinski definition) is 3. The zero-order valence-corrected chi connectivity index (χ0v) is 16.3. The van der Waals surface area contributed by atoms with Gasteiger partial charge in [-0.1, -0.05) is 26.0 Å². The van der Waals surface area contributed by atoms with Gasteiger partial charge < -0.3 is 9.84 Å². The van der Waals surface area contributed by atoms with E-state index in [0.29, 0.717) is 5.52 Å². The largest absolute Gasteiger partial charge is 0.496 e. The molecular formula is C21H22F4N2O2. The maximum absolute atomic E-state index is 14.2. The number of rotatable bonds is 6. The maximum Gasteiger partial charge on any atom is 0.437 e. The molecule has 156 valence electrons. The predicted octanol–water partition coefficient (Wildman–Crippen LogP) is 5.15. The van der Waals surface area contributed by atoms with Gasteiger partial charge in [-0.25, -0.2) is 9.37 Å². The molecule has 1 heterocycles. The Morgan fingerprint density at radius 3 is 2.45 bits per heavy atom. The summed E-state index contributed by atoms with van der Waals surface area (Å²) in [6, 6.07) is 9.97. The quantitative estimate of drug-likeness (QED) is 0.572. The topological polar surface area (TPSA) is 47.3 Å². The van der Waals surface area contributed by atoms with E-state index in [1.165, 1.54) is 25.3 Å². The van der Waals surface area contributed by atoms with E-state index in [1.54, 1.807) is 32.0 Å². The molecule has 4 nitrogen and oxygen atoms in total. The second-order valence-electron chi connectivity index (χ2n) is 7.35. The van der Waals surface area contributed by atoms with Crippen molar-refractivity contribution in [3.8, 4) is 5.75 Å². The van der Waals surface area contributed by atoms with Crippen molar-refractivity contribution < 1.29 is 27.4 Å². The number of imidazole rings is 1. The van der Waals surface area contributed by atoms with Crippen molar-refractivity contribution in [2.45, 2.75) is 44.0 Å². The monoisotopic (exact) mass is 410 g/mol. The number of aromatic nitrogens is 2. The first kappa shape index (κ1) is 21.1. The maximum atomic E-state index is 14.2. The van der Waals surface area contributed by atoms with Crippen molar-refractivity contribution in [1.82, 2.24) is 9.55 Å². The van der Waals surface area contributed by atoms with E-state index in [1.807, 2.05) is 0 Å². The average Bonchev–Trinajstić information content (AvgIpc) is 3.11. The van der Waals surface area contributed by atoms with Gasteiger partial charge >= 0.3 is 6.18 Å². The van der Waals surface area contributed by atoms with Gasteiger partial charge in [-0.3, -0.25) is 4.57 Å². The Morgan fingerprint density at radius 2 is 1.83 bits per heavy atom. The van der Waals surface area contributed by atoms with Crippen LogP contribution in [0.4, 0.5) is 17.6 Å². The average molecular weight is 410 g/mol. The number of benzene rings is 2. The van der Waals surface area contributed by atoms with Gasteiger partial charge in [0.25, 0.3) is 0 Å². The van der Waals surface area contributed by atoms with Crippen LogP contribution in [0.5, 0.6) is 5.75 Å². The first-order valence-electron chi connectivity index (χ1n) is 9.11. The fourth-order valence-corrected chi connectivity index (χ4v) is 3.68. The van der Waals surface area contributed by atoms with Gasteiger partial charge in [-0.15, -0.1) is 0 Å². The second-order valence-corrected chi connectivity index (χ2v) is 7.35. The highest BCUT2D eigenvalue weighted by Crippen LogP contribution is 2.48. The summed E-state index contributed by atoms with van der Waals surface area (Å²) in [5, 5.41) is 11.0. The predicted molar refractivity (Wildman–Crippen MR) is 101 cm³/mol. The van der Waals surface area contributed by atoms with Gasteiger partial charge in [0, 0.05) is 17.4 Å². The van der Waals surface area contributed by atoms with Crippen LogP contribution in [0.1, 0.15) is 32.3 Å². The number of methoxy groups -OCH3 is 1. The first-order chi connectivity index (χ1) is 13.6. The molecule has 0 saturated heterocycles. The number of alkyl halides is 3. The minimum Gasteiger partial charge on any atom is -0.496 e. The number of ether oxygens (including phenoxy) is 1. The zero-order valence-electron chi connectivity index (χ0n) is 16.3. The zero-order chi connectivity index (χ0) is 21.4. The Kier molecular flexibility index (Phi) is 5.34. The number of nitrogens with zero attached hydrogens (tertiary/aromatic N) is 2. The highest BCUT2D eigenvalue weighted by Gasteiger charge is 2.58. The summed E-state index contributed by atoms with van der Waals surface area (Å²) in [5.74, 6) is -0.333. The third kappa shape index (κ3) is 3.57. The van der Waals surface area contributed by atoms with Crippen molar-refractivity contribution in [2.24, 2.45) is 0 Å². The minimum absolute atomic E-state index is 0.150. The number of para-hydroxylation sites is 2. The molecule has 0 aliphatic carbocycles. The summed E-state index contributed by atoms with van der Waals surface area (Å²) in [4.78, 5) is 3.99. The molecule has 3 aromatic rings. The molecule has 0 aliphatic rings. The van der Waals surface area contributed by atoms with E-state index < -0.39 is 29.6 Å². The summed E-state index contributed by atoms with van der Waals surface area (Å²) in [7, 11) is 1.37. The molecule has 29 heavy (non-hydrogen) atoms. The molecule has 0 bridgehead atoms. The van der Waals surface area contributed by atoms with Crippen LogP contribution >= 0.6 is 0 Å². The lowest BCUT2D eigenvalue weighted by molar-refractivity contribution is -0.305. The fraction of sp³-hybridized carbons (Fsp3) is 0.381. The molecule has 3 rings (SSSR count). The molecule has 2 atom stereocenters. The van der Waals surface area contributed by atoms with E-state index in [4.69, 9.17) is 4.74 Å². The summed E-state index contributed by atoms with van der Waals surface area (Å²) >= 11 is 0. The number of hydrogen-bond donors (Lipinski definition) is 1. The highest BCUT2D eigenvalue weighted by atomic mass is 19.4. The molecule has 2 aromatic carbocycles. The molecule has 8 heteroatoms. The van der Waals surface area contributed by atoms with Gasteiger partial charge in [-0.2, -0.15) is 13.2 Å². The standard InChI is InChI=1S/C21H22F4N2O2/c1-4-19(2,15-11-14(22)9-10-18(15)29-3)12-20(28,21(23,24)25)27-13-26-16-7-5-6-8-17(16)27/h5-11,13,28H,4,12H2,1-3H3. The van der Waals surface area contributed by atoms with E-state index in [2.05, 4.69) is 4.98 Å². The molecule has 0 amide bonds. The van der Waals surface area contributed by atoms with Crippen molar-refractivity contribution >= 4 is 11.0 Å². The number of halogens is 4. The van der Waals surface area contributed by atoms with Gasteiger partial charge in [0.2, 0.25) is 5.72 Å². The van der Waals surface area contributed by atoms with Crippen LogP contribution in [0.15, 0.2) is 48.8 Å². The molecule has 0 aliphatic heterocycles. The summed E-state index contributed by atoms with van der Waals surface area (Å²) < 4.78 is 62.6. The van der Waals surface area contributed by atoms with Crippen molar-refractivity contribution in [1.29, 1.82) is 0 Å². The summed E-state index contributed by atoms with van der Waals surface area (Å²) in [5.41, 5.74) is -3.77. The van der Waals surface area contributed by atoms with Crippen molar-refractivity contribution in [3.05, 3.63) is 60.2 Å². The van der Waals surface area contributed by atoms with E-state index in [0.717, 1.165) is 17.0 Å². The molecule has 0 radical (unpaired) electrons. The fourth-order valence-electron chi connectivity index (χ4n) is 3.68. The Labute approximate surface area is 165 Å². The first-order valence-corrected chi connectivity index (χ1v) is 9.11. The third-order valence-electron chi connectivity index (χ3n) is 5.53. The Hall–Kier alpha value is -2.61. The molecule has 1 N–H and O–H groups in total. The van der Waals surface area contributed by atoms with Crippen LogP contribution in [0.3, 0.4) is 0 Å². The smallest absolute Gasteiger partial charge is 0.437 e. The minimum atomic E-state index is -5.01. The lowest BCUT2D eigenvalue weighted by Gasteiger charge is -2.40. The molecule has 2 unspecified atom stereocenters. The Balaban J connectivity index is 2.19. The SMILES string of the molecule is CCC(C)(CC(O)(n1cnc2ccccc21)C(F)(F)F)c1cc(F)ccc1OC. The highest BCUT2D eigenvalue weighted by molar-refractivity contribution is 5.75. The summed E-state index contributed by atoms with van der Waals surface area (Å²) in [6.45, 7) is 3.24. The number of fused-ring (bicyclic) bond motifs is 1. The van der Waals surface area contributed by atoms with Crippen LogP contribution < -0.4 is 4.74 Å². The van der Waals surface area contributed by atoms with Gasteiger partial charge in [-0.05, 0) is 36.8 Å². The summed E-state index contributed by atoms with van der Waals surface area (Å²) in [6.07, 6.45) is -4.57. The van der Waals surface area contributed by atoms with Gasteiger partial charge in [0.05, 0.1) is 24.5 Å². The van der Waals surface area contributed by atoms with Crippen LogP contribution in [0, 0.1) is 5.82 Å². The Morgan fingerprint density at radius 1 is 1.14 bits per heavy atom. The third-order valence-corrected chi connectivity index (χ3v) is 5.53. The normalized spacial score (nSPS) is 16.4. The van der Waals surface area contributed by atoms with Crippen molar-refractivity contribution in [3.63, 3.8) is 0 Å². The van der Waals surface area contributed by atoms with E-state index in [-0.39, 0.29) is 23.3 Å². The van der Waals surface area contributed by atoms with Crippen molar-refractivity contribution in [2.75, 3.05) is 7.11 Å². The number of aliphatic hydroxyl groups is 1. The van der Waals surface area contributed by atoms with Crippen LogP contribution in [-0.2, 0) is 11.1 Å². The molecule has 0 saturated carbocycles. The second kappa shape index (κ2) is 7.33. The molecule has 1 aromatic heterocycles.